The van der Waals surface area contributed by atoms with Gasteiger partial charge in [0.25, 0.3) is 0 Å². The first-order chi connectivity index (χ1) is 13.7. The number of carbonyl (C=O) groups is 2. The molecule has 0 spiro atoms. The zero-order valence-corrected chi connectivity index (χ0v) is 16.1. The first kappa shape index (κ1) is 18.6. The second-order valence-corrected chi connectivity index (χ2v) is 7.64. The smallest absolute Gasteiger partial charge is 0.308 e. The molecule has 2 aromatic rings. The number of fused-ring (bicyclic) bond motifs is 1. The Morgan fingerprint density at radius 1 is 1.21 bits per heavy atom. The Bertz CT molecular complexity index is 845. The molecule has 2 fully saturated rings. The van der Waals surface area contributed by atoms with Crippen molar-refractivity contribution in [1.29, 1.82) is 0 Å². The molecule has 9 heteroatoms. The maximum atomic E-state index is 12.9. The number of aromatic nitrogens is 4. The standard InChI is InChI=1S/C19H26N6O3/c1-28-19(27)13-6-4-12(5-7-13)9-20-18(26)14-3-2-8-25(14)17-15-16(22-10-21-15)23-11-24-17/h10-14H,2-9H2,1H3,(H,20,26)(H,21,22,23,24)/t12?,13?,14-/m1/s1. The van der Waals surface area contributed by atoms with Crippen LogP contribution in [0.4, 0.5) is 5.82 Å². The van der Waals surface area contributed by atoms with E-state index in [4.69, 9.17) is 4.74 Å². The number of rotatable bonds is 5. The third-order valence-corrected chi connectivity index (χ3v) is 5.98. The SMILES string of the molecule is COC(=O)C1CCC(CNC(=O)[C@H]2CCCN2c2ncnc3nc[nH]c23)CC1. The minimum absolute atomic E-state index is 0.0110. The van der Waals surface area contributed by atoms with E-state index in [2.05, 4.69) is 25.3 Å². The van der Waals surface area contributed by atoms with Gasteiger partial charge in [0.15, 0.2) is 11.5 Å². The van der Waals surface area contributed by atoms with Crippen LogP contribution in [-0.4, -0.2) is 58.1 Å². The number of esters is 1. The number of H-pyrrole nitrogens is 1. The molecule has 4 rings (SSSR count). The molecule has 0 radical (unpaired) electrons. The second kappa shape index (κ2) is 8.12. The van der Waals surface area contributed by atoms with Gasteiger partial charge in [0.05, 0.1) is 19.4 Å². The molecular weight excluding hydrogens is 360 g/mol. The molecule has 2 aromatic heterocycles. The fourth-order valence-electron chi connectivity index (χ4n) is 4.39. The van der Waals surface area contributed by atoms with E-state index in [1.54, 1.807) is 6.33 Å². The lowest BCUT2D eigenvalue weighted by molar-refractivity contribution is -0.146. The summed E-state index contributed by atoms with van der Waals surface area (Å²) < 4.78 is 4.84. The average Bonchev–Trinajstić information content (AvgIpc) is 3.41. The normalized spacial score (nSPS) is 25.0. The van der Waals surface area contributed by atoms with Crippen molar-refractivity contribution in [3.05, 3.63) is 12.7 Å². The van der Waals surface area contributed by atoms with Gasteiger partial charge in [-0.05, 0) is 44.4 Å². The van der Waals surface area contributed by atoms with Crippen molar-refractivity contribution >= 4 is 28.9 Å². The monoisotopic (exact) mass is 386 g/mol. The highest BCUT2D eigenvalue weighted by Gasteiger charge is 2.34. The summed E-state index contributed by atoms with van der Waals surface area (Å²) in [7, 11) is 1.44. The third kappa shape index (κ3) is 3.65. The Morgan fingerprint density at radius 2 is 2.04 bits per heavy atom. The number of aromatic amines is 1. The summed E-state index contributed by atoms with van der Waals surface area (Å²) in [4.78, 5) is 42.4. The van der Waals surface area contributed by atoms with Gasteiger partial charge in [0, 0.05) is 13.1 Å². The average molecular weight is 386 g/mol. The first-order valence-corrected chi connectivity index (χ1v) is 9.93. The van der Waals surface area contributed by atoms with Crippen molar-refractivity contribution in [3.63, 3.8) is 0 Å². The van der Waals surface area contributed by atoms with E-state index in [0.29, 0.717) is 18.1 Å². The van der Waals surface area contributed by atoms with Gasteiger partial charge < -0.3 is 19.9 Å². The summed E-state index contributed by atoms with van der Waals surface area (Å²) in [6.07, 6.45) is 8.39. The lowest BCUT2D eigenvalue weighted by atomic mass is 9.82. The van der Waals surface area contributed by atoms with Crippen molar-refractivity contribution in [2.75, 3.05) is 25.1 Å². The maximum Gasteiger partial charge on any atom is 0.308 e. The van der Waals surface area contributed by atoms with Crippen LogP contribution in [0.1, 0.15) is 38.5 Å². The third-order valence-electron chi connectivity index (χ3n) is 5.98. The molecule has 1 atom stereocenters. The highest BCUT2D eigenvalue weighted by Crippen LogP contribution is 2.30. The van der Waals surface area contributed by atoms with Crippen molar-refractivity contribution in [2.45, 2.75) is 44.6 Å². The summed E-state index contributed by atoms with van der Waals surface area (Å²) in [5.74, 6) is 1.09. The van der Waals surface area contributed by atoms with Gasteiger partial charge in [0.1, 0.15) is 17.9 Å². The molecule has 2 aliphatic rings. The zero-order chi connectivity index (χ0) is 19.5. The lowest BCUT2D eigenvalue weighted by Crippen LogP contribution is -2.45. The van der Waals surface area contributed by atoms with Crippen LogP contribution in [0.5, 0.6) is 0 Å². The molecule has 28 heavy (non-hydrogen) atoms. The van der Waals surface area contributed by atoms with E-state index in [-0.39, 0.29) is 23.8 Å². The topological polar surface area (TPSA) is 113 Å². The summed E-state index contributed by atoms with van der Waals surface area (Å²) >= 11 is 0. The van der Waals surface area contributed by atoms with Crippen LogP contribution in [0.15, 0.2) is 12.7 Å². The molecular formula is C19H26N6O3. The Labute approximate surface area is 163 Å². The predicted octanol–water partition coefficient (Wildman–Crippen LogP) is 1.42. The van der Waals surface area contributed by atoms with Gasteiger partial charge in [-0.15, -0.1) is 0 Å². The van der Waals surface area contributed by atoms with Gasteiger partial charge in [-0.25, -0.2) is 15.0 Å². The first-order valence-electron chi connectivity index (χ1n) is 9.93. The summed E-state index contributed by atoms with van der Waals surface area (Å²) in [5.41, 5.74) is 1.38. The number of methoxy groups -OCH3 is 1. The number of anilines is 1. The van der Waals surface area contributed by atoms with Crippen LogP contribution in [0.3, 0.4) is 0 Å². The van der Waals surface area contributed by atoms with Gasteiger partial charge in [-0.3, -0.25) is 9.59 Å². The Kier molecular flexibility index (Phi) is 5.40. The van der Waals surface area contributed by atoms with E-state index in [0.717, 1.165) is 56.4 Å². The molecule has 9 nitrogen and oxygen atoms in total. The molecule has 1 aliphatic carbocycles. The fraction of sp³-hybridized carbons (Fsp3) is 0.632. The summed E-state index contributed by atoms with van der Waals surface area (Å²) in [6.45, 7) is 1.44. The van der Waals surface area contributed by atoms with Crippen molar-refractivity contribution < 1.29 is 14.3 Å². The minimum Gasteiger partial charge on any atom is -0.469 e. The summed E-state index contributed by atoms with van der Waals surface area (Å²) in [5, 5.41) is 3.13. The van der Waals surface area contributed by atoms with E-state index in [1.807, 2.05) is 4.90 Å². The van der Waals surface area contributed by atoms with Gasteiger partial charge >= 0.3 is 5.97 Å². The molecule has 3 heterocycles. The minimum atomic E-state index is -0.229. The van der Waals surface area contributed by atoms with Crippen molar-refractivity contribution in [3.8, 4) is 0 Å². The number of hydrogen-bond acceptors (Lipinski definition) is 7. The number of nitrogens with zero attached hydrogens (tertiary/aromatic N) is 4. The molecule has 0 unspecified atom stereocenters. The highest BCUT2D eigenvalue weighted by molar-refractivity contribution is 5.90. The number of carbonyl (C=O) groups excluding carboxylic acids is 2. The number of ether oxygens (including phenoxy) is 1. The van der Waals surface area contributed by atoms with Crippen LogP contribution in [-0.2, 0) is 14.3 Å². The Morgan fingerprint density at radius 3 is 2.82 bits per heavy atom. The zero-order valence-electron chi connectivity index (χ0n) is 16.1. The molecule has 2 N–H and O–H groups in total. The van der Waals surface area contributed by atoms with Crippen LogP contribution < -0.4 is 10.2 Å². The van der Waals surface area contributed by atoms with Crippen molar-refractivity contribution in [1.82, 2.24) is 25.3 Å². The van der Waals surface area contributed by atoms with Gasteiger partial charge in [0.2, 0.25) is 5.91 Å². The Balaban J connectivity index is 1.35. The second-order valence-electron chi connectivity index (χ2n) is 7.64. The number of nitrogens with one attached hydrogen (secondary N) is 2. The van der Waals surface area contributed by atoms with E-state index < -0.39 is 0 Å². The van der Waals surface area contributed by atoms with Gasteiger partial charge in [-0.2, -0.15) is 0 Å². The number of amides is 1. The quantitative estimate of drug-likeness (QED) is 0.747. The highest BCUT2D eigenvalue weighted by atomic mass is 16.5. The molecule has 1 aliphatic heterocycles. The Hall–Kier alpha value is -2.71. The van der Waals surface area contributed by atoms with Gasteiger partial charge in [-0.1, -0.05) is 0 Å². The molecule has 150 valence electrons. The number of imidazole rings is 1. The summed E-state index contributed by atoms with van der Waals surface area (Å²) in [6, 6.07) is -0.229. The largest absolute Gasteiger partial charge is 0.469 e. The van der Waals surface area contributed by atoms with Crippen molar-refractivity contribution in [2.24, 2.45) is 11.8 Å². The molecule has 1 saturated heterocycles. The lowest BCUT2D eigenvalue weighted by Gasteiger charge is -2.29. The van der Waals surface area contributed by atoms with Crippen LogP contribution >= 0.6 is 0 Å². The van der Waals surface area contributed by atoms with Crippen LogP contribution in [0.25, 0.3) is 11.2 Å². The van der Waals surface area contributed by atoms with E-state index in [9.17, 15) is 9.59 Å². The number of hydrogen-bond donors (Lipinski definition) is 2. The van der Waals surface area contributed by atoms with E-state index >= 15 is 0 Å². The fourth-order valence-corrected chi connectivity index (χ4v) is 4.39. The predicted molar refractivity (Wildman–Crippen MR) is 103 cm³/mol. The van der Waals surface area contributed by atoms with E-state index in [1.165, 1.54) is 13.4 Å². The van der Waals surface area contributed by atoms with Crippen LogP contribution in [0.2, 0.25) is 0 Å². The molecule has 0 bridgehead atoms. The van der Waals surface area contributed by atoms with Crippen LogP contribution in [0, 0.1) is 11.8 Å². The maximum absolute atomic E-state index is 12.9. The molecule has 0 aromatic carbocycles. The molecule has 1 amide bonds. The molecule has 1 saturated carbocycles.